The van der Waals surface area contributed by atoms with Gasteiger partial charge in [-0.25, -0.2) is 8.42 Å². The van der Waals surface area contributed by atoms with E-state index >= 15 is 0 Å². The molecule has 2 atom stereocenters. The van der Waals surface area contributed by atoms with E-state index in [0.29, 0.717) is 18.8 Å². The number of carbonyl (C=O) groups is 1. The van der Waals surface area contributed by atoms with Crippen LogP contribution in [0.3, 0.4) is 0 Å². The predicted molar refractivity (Wildman–Crippen MR) is 96.8 cm³/mol. The third kappa shape index (κ3) is 4.99. The third-order valence-corrected chi connectivity index (χ3v) is 6.13. The van der Waals surface area contributed by atoms with Crippen LogP contribution in [0.5, 0.6) is 5.75 Å². The lowest BCUT2D eigenvalue weighted by atomic mass is 9.88. The van der Waals surface area contributed by atoms with Crippen molar-refractivity contribution in [2.24, 2.45) is 0 Å². The Kier molecular flexibility index (Phi) is 6.84. The van der Waals surface area contributed by atoms with Crippen molar-refractivity contribution < 1.29 is 32.9 Å². The second kappa shape index (κ2) is 8.71. The molecule has 2 rings (SSSR count). The highest BCUT2D eigenvalue weighted by Crippen LogP contribution is 2.32. The van der Waals surface area contributed by atoms with E-state index in [1.807, 2.05) is 0 Å². The zero-order valence-electron chi connectivity index (χ0n) is 15.2. The predicted octanol–water partition coefficient (Wildman–Crippen LogP) is 0.704. The molecule has 2 N–H and O–H groups in total. The van der Waals surface area contributed by atoms with Gasteiger partial charge in [0.05, 0.1) is 10.5 Å². The van der Waals surface area contributed by atoms with Gasteiger partial charge < -0.3 is 19.7 Å². The van der Waals surface area contributed by atoms with Crippen LogP contribution in [-0.2, 0) is 19.6 Å². The number of aliphatic carboxylic acids is 1. The molecular formula is C18H23NO7S. The van der Waals surface area contributed by atoms with Crippen LogP contribution in [0, 0.1) is 11.8 Å². The first-order valence-electron chi connectivity index (χ1n) is 8.34. The Morgan fingerprint density at radius 1 is 1.30 bits per heavy atom. The van der Waals surface area contributed by atoms with E-state index in [9.17, 15) is 23.4 Å². The van der Waals surface area contributed by atoms with Crippen LogP contribution >= 0.6 is 0 Å². The van der Waals surface area contributed by atoms with E-state index < -0.39 is 27.6 Å². The van der Waals surface area contributed by atoms with Crippen molar-refractivity contribution in [3.8, 4) is 17.6 Å². The van der Waals surface area contributed by atoms with Gasteiger partial charge >= 0.3 is 5.97 Å². The number of rotatable bonds is 6. The molecule has 2 unspecified atom stereocenters. The molecule has 1 aromatic rings. The molecular weight excluding hydrogens is 374 g/mol. The molecule has 8 nitrogen and oxygen atoms in total. The topological polar surface area (TPSA) is 113 Å². The van der Waals surface area contributed by atoms with E-state index in [0.717, 1.165) is 4.31 Å². The van der Waals surface area contributed by atoms with Crippen LogP contribution < -0.4 is 4.74 Å². The Morgan fingerprint density at radius 2 is 1.93 bits per heavy atom. The van der Waals surface area contributed by atoms with Gasteiger partial charge in [-0.1, -0.05) is 11.8 Å². The third-order valence-electron chi connectivity index (χ3n) is 4.26. The van der Waals surface area contributed by atoms with E-state index in [1.54, 1.807) is 0 Å². The molecule has 0 bridgehead atoms. The van der Waals surface area contributed by atoms with Crippen LogP contribution in [0.2, 0.25) is 0 Å². The van der Waals surface area contributed by atoms with Crippen molar-refractivity contribution in [2.45, 2.75) is 36.3 Å². The summed E-state index contributed by atoms with van der Waals surface area (Å²) >= 11 is 0. The van der Waals surface area contributed by atoms with Crippen molar-refractivity contribution in [2.75, 3.05) is 26.9 Å². The molecule has 148 valence electrons. The van der Waals surface area contributed by atoms with Crippen molar-refractivity contribution >= 4 is 16.0 Å². The lowest BCUT2D eigenvalue weighted by molar-refractivity contribution is -0.153. The largest absolute Gasteiger partial charge is 0.481 e. The molecule has 0 aliphatic carbocycles. The summed E-state index contributed by atoms with van der Waals surface area (Å²) in [7, 11) is -2.55. The van der Waals surface area contributed by atoms with Crippen LogP contribution in [0.1, 0.15) is 19.8 Å². The zero-order chi connectivity index (χ0) is 20.1. The highest BCUT2D eigenvalue weighted by atomic mass is 32.2. The number of ether oxygens (including phenoxy) is 2. The summed E-state index contributed by atoms with van der Waals surface area (Å²) in [5, 5.41) is 19.8. The highest BCUT2D eigenvalue weighted by Gasteiger charge is 2.49. The quantitative estimate of drug-likeness (QED) is 0.680. The molecule has 1 saturated heterocycles. The van der Waals surface area contributed by atoms with Crippen molar-refractivity contribution in [3.05, 3.63) is 24.3 Å². The van der Waals surface area contributed by atoms with Crippen molar-refractivity contribution in [1.82, 2.24) is 4.31 Å². The Hall–Kier alpha value is -2.12. The molecule has 1 fully saturated rings. The minimum atomic E-state index is -4.08. The van der Waals surface area contributed by atoms with Crippen molar-refractivity contribution in [1.29, 1.82) is 0 Å². The van der Waals surface area contributed by atoms with Crippen LogP contribution in [0.4, 0.5) is 0 Å². The van der Waals surface area contributed by atoms with Gasteiger partial charge in [-0.3, -0.25) is 4.79 Å². The van der Waals surface area contributed by atoms with Gasteiger partial charge in [0.2, 0.25) is 10.0 Å². The SMILES string of the molecule is COCC#CCOc1ccc(S(=O)(=O)N2CCCC(C)(O)C2C(=O)O)cc1. The van der Waals surface area contributed by atoms with E-state index in [4.69, 9.17) is 9.47 Å². The number of aliphatic hydroxyl groups is 1. The summed E-state index contributed by atoms with van der Waals surface area (Å²) < 4.78 is 36.8. The van der Waals surface area contributed by atoms with Gasteiger partial charge in [0, 0.05) is 13.7 Å². The second-order valence-corrected chi connectivity index (χ2v) is 8.25. The normalized spacial score (nSPS) is 23.3. The number of carboxylic acid groups (broad SMARTS) is 1. The summed E-state index contributed by atoms with van der Waals surface area (Å²) in [6.07, 6.45) is 0.588. The van der Waals surface area contributed by atoms with Gasteiger partial charge in [-0.05, 0) is 44.0 Å². The molecule has 0 saturated carbocycles. The number of sulfonamides is 1. The summed E-state index contributed by atoms with van der Waals surface area (Å²) in [4.78, 5) is 11.5. The lowest BCUT2D eigenvalue weighted by Crippen LogP contribution is -2.60. The average Bonchev–Trinajstić information content (AvgIpc) is 2.60. The first kappa shape index (κ1) is 21.2. The molecule has 1 heterocycles. The molecule has 1 aromatic carbocycles. The fourth-order valence-corrected chi connectivity index (χ4v) is 4.67. The van der Waals surface area contributed by atoms with Crippen LogP contribution in [0.15, 0.2) is 29.2 Å². The molecule has 0 spiro atoms. The van der Waals surface area contributed by atoms with Gasteiger partial charge in [0.1, 0.15) is 19.0 Å². The minimum absolute atomic E-state index is 0.0305. The van der Waals surface area contributed by atoms with Gasteiger partial charge in [0.15, 0.2) is 6.04 Å². The number of carboxylic acids is 1. The van der Waals surface area contributed by atoms with Gasteiger partial charge in [-0.2, -0.15) is 4.31 Å². The van der Waals surface area contributed by atoms with Crippen molar-refractivity contribution in [3.63, 3.8) is 0 Å². The first-order chi connectivity index (χ1) is 12.7. The highest BCUT2D eigenvalue weighted by molar-refractivity contribution is 7.89. The Bertz CT molecular complexity index is 822. The Morgan fingerprint density at radius 3 is 2.52 bits per heavy atom. The van der Waals surface area contributed by atoms with Crippen LogP contribution in [0.25, 0.3) is 0 Å². The summed E-state index contributed by atoms with van der Waals surface area (Å²) in [6, 6.07) is 4.10. The smallest absolute Gasteiger partial charge is 0.325 e. The first-order valence-corrected chi connectivity index (χ1v) is 9.78. The summed E-state index contributed by atoms with van der Waals surface area (Å²) in [6.45, 7) is 1.80. The number of nitrogens with zero attached hydrogens (tertiary/aromatic N) is 1. The van der Waals surface area contributed by atoms with Gasteiger partial charge in [-0.15, -0.1) is 0 Å². The molecule has 1 aliphatic rings. The van der Waals surface area contributed by atoms with Gasteiger partial charge in [0.25, 0.3) is 0 Å². The Balaban J connectivity index is 2.18. The monoisotopic (exact) mass is 397 g/mol. The summed E-state index contributed by atoms with van der Waals surface area (Å²) in [5.74, 6) is 4.52. The molecule has 0 radical (unpaired) electrons. The number of methoxy groups -OCH3 is 1. The molecule has 0 aromatic heterocycles. The average molecular weight is 397 g/mol. The zero-order valence-corrected chi connectivity index (χ0v) is 16.0. The Labute approximate surface area is 158 Å². The molecule has 9 heteroatoms. The molecule has 27 heavy (non-hydrogen) atoms. The van der Waals surface area contributed by atoms with E-state index in [1.165, 1.54) is 38.3 Å². The lowest BCUT2D eigenvalue weighted by Gasteiger charge is -2.41. The standard InChI is InChI=1S/C18H23NO7S/c1-18(22)10-5-11-19(16(18)17(20)21)27(23,24)15-8-6-14(7-9-15)26-13-4-3-12-25-2/h6-9,16,22H,5,10-13H2,1-2H3,(H,20,21). The minimum Gasteiger partial charge on any atom is -0.481 e. The number of hydrogen-bond donors (Lipinski definition) is 2. The van der Waals surface area contributed by atoms with E-state index in [-0.39, 0.29) is 24.5 Å². The maximum absolute atomic E-state index is 12.9. The molecule has 0 amide bonds. The number of hydrogen-bond acceptors (Lipinski definition) is 6. The summed E-state index contributed by atoms with van der Waals surface area (Å²) in [5.41, 5.74) is -1.64. The fourth-order valence-electron chi connectivity index (χ4n) is 2.95. The number of benzene rings is 1. The molecule has 1 aliphatic heterocycles. The van der Waals surface area contributed by atoms with Crippen LogP contribution in [-0.4, -0.2) is 67.4 Å². The maximum Gasteiger partial charge on any atom is 0.325 e. The fraction of sp³-hybridized carbons (Fsp3) is 0.500. The maximum atomic E-state index is 12.9. The second-order valence-electron chi connectivity index (χ2n) is 6.36. The number of piperidine rings is 1. The van der Waals surface area contributed by atoms with E-state index in [2.05, 4.69) is 11.8 Å².